The van der Waals surface area contributed by atoms with Crippen molar-refractivity contribution < 1.29 is 22.7 Å². The molecule has 0 atom stereocenters. The second-order valence-electron chi connectivity index (χ2n) is 5.63. The molecule has 3 aromatic rings. The first-order valence-electron chi connectivity index (χ1n) is 7.85. The SMILES string of the molecule is CCOC(=O)c1cc2cc(-n3ccc(=O)cc3)c(C(F)(F)F)cc2[nH]c1=O. The molecule has 0 aliphatic rings. The molecule has 0 aliphatic heterocycles. The molecule has 1 aromatic carbocycles. The van der Waals surface area contributed by atoms with Crippen molar-refractivity contribution in [3.8, 4) is 5.69 Å². The number of H-pyrrole nitrogens is 1. The molecule has 2 aromatic heterocycles. The van der Waals surface area contributed by atoms with Gasteiger partial charge in [0.15, 0.2) is 5.43 Å². The lowest BCUT2D eigenvalue weighted by Crippen LogP contribution is -2.20. The van der Waals surface area contributed by atoms with Crippen LogP contribution in [-0.4, -0.2) is 22.1 Å². The maximum atomic E-state index is 13.5. The lowest BCUT2D eigenvalue weighted by molar-refractivity contribution is -0.137. The first-order valence-corrected chi connectivity index (χ1v) is 7.85. The zero-order valence-electron chi connectivity index (χ0n) is 14.0. The van der Waals surface area contributed by atoms with Crippen molar-refractivity contribution in [3.63, 3.8) is 0 Å². The topological polar surface area (TPSA) is 81.2 Å². The normalized spacial score (nSPS) is 11.6. The Morgan fingerprint density at radius 3 is 2.41 bits per heavy atom. The van der Waals surface area contributed by atoms with Crippen molar-refractivity contribution >= 4 is 16.9 Å². The molecule has 0 saturated carbocycles. The number of fused-ring (bicyclic) bond motifs is 1. The summed E-state index contributed by atoms with van der Waals surface area (Å²) in [6, 6.07) is 5.40. The van der Waals surface area contributed by atoms with Crippen LogP contribution in [0.15, 0.2) is 52.3 Å². The van der Waals surface area contributed by atoms with Gasteiger partial charge in [-0.15, -0.1) is 0 Å². The standard InChI is InChI=1S/C18H13F3N2O4/c1-2-27-17(26)12-7-10-8-15(23-5-3-11(24)4-6-23)13(18(19,20)21)9-14(10)22-16(12)25/h3-9H,2H2,1H3,(H,22,25). The monoisotopic (exact) mass is 378 g/mol. The molecule has 0 amide bonds. The van der Waals surface area contributed by atoms with Crippen LogP contribution < -0.4 is 11.0 Å². The Hall–Kier alpha value is -3.36. The molecule has 9 heteroatoms. The smallest absolute Gasteiger partial charge is 0.418 e. The third kappa shape index (κ3) is 3.62. The predicted octanol–water partition coefficient (Wildman–Crippen LogP) is 2.87. The van der Waals surface area contributed by atoms with Gasteiger partial charge >= 0.3 is 12.1 Å². The number of hydrogen-bond donors (Lipinski definition) is 1. The minimum absolute atomic E-state index is 0.0476. The Morgan fingerprint density at radius 1 is 1.15 bits per heavy atom. The number of aromatic nitrogens is 2. The lowest BCUT2D eigenvalue weighted by Gasteiger charge is -2.16. The van der Waals surface area contributed by atoms with Crippen LogP contribution in [0.5, 0.6) is 0 Å². The van der Waals surface area contributed by atoms with Crippen LogP contribution in [0.4, 0.5) is 13.2 Å². The summed E-state index contributed by atoms with van der Waals surface area (Å²) in [5.41, 5.74) is -2.84. The summed E-state index contributed by atoms with van der Waals surface area (Å²) in [5, 5.41) is 0.208. The third-order valence-electron chi connectivity index (χ3n) is 3.84. The van der Waals surface area contributed by atoms with Gasteiger partial charge in [0.05, 0.1) is 17.9 Å². The Labute approximate surface area is 149 Å². The predicted molar refractivity (Wildman–Crippen MR) is 91.1 cm³/mol. The molecule has 6 nitrogen and oxygen atoms in total. The van der Waals surface area contributed by atoms with Crippen LogP contribution in [0, 0.1) is 0 Å². The zero-order valence-corrected chi connectivity index (χ0v) is 14.0. The summed E-state index contributed by atoms with van der Waals surface area (Å²) in [5.74, 6) is -0.870. The number of carbonyl (C=O) groups is 1. The molecular weight excluding hydrogens is 365 g/mol. The first kappa shape index (κ1) is 18.4. The Bertz CT molecular complexity index is 1130. The summed E-state index contributed by atoms with van der Waals surface area (Å²) in [7, 11) is 0. The van der Waals surface area contributed by atoms with Gasteiger partial charge in [0.2, 0.25) is 0 Å². The highest BCUT2D eigenvalue weighted by atomic mass is 19.4. The van der Waals surface area contributed by atoms with E-state index in [4.69, 9.17) is 4.74 Å². The van der Waals surface area contributed by atoms with Crippen molar-refractivity contribution in [2.45, 2.75) is 13.1 Å². The molecular formula is C18H13F3N2O4. The Kier molecular flexibility index (Phi) is 4.61. The van der Waals surface area contributed by atoms with Crippen molar-refractivity contribution in [1.29, 1.82) is 0 Å². The molecule has 0 bridgehead atoms. The average Bonchev–Trinajstić information content (AvgIpc) is 2.60. The molecule has 0 spiro atoms. The lowest BCUT2D eigenvalue weighted by atomic mass is 10.1. The van der Waals surface area contributed by atoms with Gasteiger partial charge < -0.3 is 14.3 Å². The quantitative estimate of drug-likeness (QED) is 0.711. The number of aromatic amines is 1. The van der Waals surface area contributed by atoms with Crippen LogP contribution in [-0.2, 0) is 10.9 Å². The highest BCUT2D eigenvalue weighted by molar-refractivity contribution is 5.94. The minimum atomic E-state index is -4.71. The van der Waals surface area contributed by atoms with Crippen LogP contribution >= 0.6 is 0 Å². The second kappa shape index (κ2) is 6.75. The van der Waals surface area contributed by atoms with Crippen molar-refractivity contribution in [3.05, 3.63) is 74.4 Å². The highest BCUT2D eigenvalue weighted by Gasteiger charge is 2.34. The fourth-order valence-corrected chi connectivity index (χ4v) is 2.62. The Balaban J connectivity index is 2.30. The largest absolute Gasteiger partial charge is 0.462 e. The summed E-state index contributed by atoms with van der Waals surface area (Å²) in [6.45, 7) is 1.61. The number of halogens is 3. The van der Waals surface area contributed by atoms with E-state index in [0.29, 0.717) is 0 Å². The van der Waals surface area contributed by atoms with Crippen LogP contribution in [0.3, 0.4) is 0 Å². The summed E-state index contributed by atoms with van der Waals surface area (Å²) >= 11 is 0. The molecule has 0 radical (unpaired) electrons. The number of alkyl halides is 3. The summed E-state index contributed by atoms with van der Waals surface area (Å²) in [4.78, 5) is 37.4. The summed E-state index contributed by atoms with van der Waals surface area (Å²) in [6.07, 6.45) is -2.29. The van der Waals surface area contributed by atoms with E-state index in [0.717, 1.165) is 22.8 Å². The average molecular weight is 378 g/mol. The van der Waals surface area contributed by atoms with E-state index in [1.54, 1.807) is 6.92 Å². The van der Waals surface area contributed by atoms with Crippen LogP contribution in [0.2, 0.25) is 0 Å². The maximum absolute atomic E-state index is 13.5. The molecule has 0 aliphatic carbocycles. The minimum Gasteiger partial charge on any atom is -0.462 e. The van der Waals surface area contributed by atoms with Gasteiger partial charge in [-0.2, -0.15) is 13.2 Å². The van der Waals surface area contributed by atoms with E-state index >= 15 is 0 Å². The van der Waals surface area contributed by atoms with Crippen molar-refractivity contribution in [2.24, 2.45) is 0 Å². The molecule has 1 N–H and O–H groups in total. The van der Waals surface area contributed by atoms with E-state index in [1.807, 2.05) is 0 Å². The number of nitrogens with zero attached hydrogens (tertiary/aromatic N) is 1. The number of ether oxygens (including phenoxy) is 1. The number of hydrogen-bond acceptors (Lipinski definition) is 4. The van der Waals surface area contributed by atoms with Gasteiger partial charge in [-0.25, -0.2) is 4.79 Å². The molecule has 0 unspecified atom stereocenters. The number of nitrogens with one attached hydrogen (secondary N) is 1. The fourth-order valence-electron chi connectivity index (χ4n) is 2.62. The van der Waals surface area contributed by atoms with Gasteiger partial charge in [-0.05, 0) is 25.1 Å². The molecule has 27 heavy (non-hydrogen) atoms. The number of rotatable bonds is 3. The van der Waals surface area contributed by atoms with Crippen molar-refractivity contribution in [2.75, 3.05) is 6.61 Å². The third-order valence-corrected chi connectivity index (χ3v) is 3.84. The molecule has 0 fully saturated rings. The van der Waals surface area contributed by atoms with E-state index in [9.17, 15) is 27.6 Å². The van der Waals surface area contributed by atoms with Crippen LogP contribution in [0.25, 0.3) is 16.6 Å². The van der Waals surface area contributed by atoms with E-state index in [1.165, 1.54) is 24.5 Å². The van der Waals surface area contributed by atoms with Crippen LogP contribution in [0.1, 0.15) is 22.8 Å². The molecule has 0 saturated heterocycles. The van der Waals surface area contributed by atoms with Gasteiger partial charge in [-0.1, -0.05) is 0 Å². The van der Waals surface area contributed by atoms with E-state index < -0.39 is 23.3 Å². The molecule has 3 rings (SSSR count). The highest BCUT2D eigenvalue weighted by Crippen LogP contribution is 2.36. The van der Waals surface area contributed by atoms with Gasteiger partial charge in [-0.3, -0.25) is 9.59 Å². The van der Waals surface area contributed by atoms with Gasteiger partial charge in [0, 0.05) is 35.4 Å². The van der Waals surface area contributed by atoms with E-state index in [-0.39, 0.29) is 34.2 Å². The number of pyridine rings is 2. The van der Waals surface area contributed by atoms with Gasteiger partial charge in [0.1, 0.15) is 5.56 Å². The molecule has 140 valence electrons. The fraction of sp³-hybridized carbons (Fsp3) is 0.167. The van der Waals surface area contributed by atoms with Crippen molar-refractivity contribution in [1.82, 2.24) is 9.55 Å². The maximum Gasteiger partial charge on any atom is 0.418 e. The van der Waals surface area contributed by atoms with E-state index in [2.05, 4.69) is 4.98 Å². The van der Waals surface area contributed by atoms with Gasteiger partial charge in [0.25, 0.3) is 5.56 Å². The number of benzene rings is 1. The summed E-state index contributed by atoms with van der Waals surface area (Å²) < 4.78 is 46.4. The number of esters is 1. The number of carbonyl (C=O) groups excluding carboxylic acids is 1. The first-order chi connectivity index (χ1) is 12.7. The zero-order chi connectivity index (χ0) is 19.8. The second-order valence-corrected chi connectivity index (χ2v) is 5.63. The molecule has 2 heterocycles. The Morgan fingerprint density at radius 2 is 1.81 bits per heavy atom.